The van der Waals surface area contributed by atoms with E-state index in [4.69, 9.17) is 19.7 Å². The molecule has 0 radical (unpaired) electrons. The van der Waals surface area contributed by atoms with Crippen LogP contribution in [0.25, 0.3) is 0 Å². The molecule has 0 saturated carbocycles. The molecule has 0 aromatic carbocycles. The molecule has 0 rings (SSSR count). The lowest BCUT2D eigenvalue weighted by atomic mass is 10.3. The van der Waals surface area contributed by atoms with Gasteiger partial charge in [-0.1, -0.05) is 26.7 Å². The number of ether oxygens (including phenoxy) is 3. The minimum Gasteiger partial charge on any atom is -0.464 e. The van der Waals surface area contributed by atoms with E-state index in [2.05, 4.69) is 18.6 Å². The Kier molecular flexibility index (Phi) is 19.7. The second-order valence-electron chi connectivity index (χ2n) is 4.89. The zero-order chi connectivity index (χ0) is 17.2. The molecule has 0 heterocycles. The number of esters is 1. The molecular weight excluding hydrogens is 288 g/mol. The summed E-state index contributed by atoms with van der Waals surface area (Å²) < 4.78 is 15.2. The van der Waals surface area contributed by atoms with Crippen molar-refractivity contribution in [2.45, 2.75) is 65.6 Å². The number of carbonyl (C=O) groups excluding carboxylic acids is 1. The van der Waals surface area contributed by atoms with Crippen molar-refractivity contribution in [3.05, 3.63) is 0 Å². The van der Waals surface area contributed by atoms with Crippen molar-refractivity contribution in [3.8, 4) is 0 Å². The van der Waals surface area contributed by atoms with E-state index in [0.29, 0.717) is 13.2 Å². The quantitative estimate of drug-likeness (QED) is 0.422. The molecule has 6 heteroatoms. The number of hydrogen-bond donors (Lipinski definition) is 2. The summed E-state index contributed by atoms with van der Waals surface area (Å²) in [5.41, 5.74) is 0. The van der Waals surface area contributed by atoms with Crippen LogP contribution in [0.2, 0.25) is 0 Å². The summed E-state index contributed by atoms with van der Waals surface area (Å²) in [6, 6.07) is 0. The first-order valence-electron chi connectivity index (χ1n) is 8.18. The SMILES string of the molecule is CCCCOCC(CO)OCCCC.CCOC(=O)C(C)O. The van der Waals surface area contributed by atoms with Crippen LogP contribution in [0.15, 0.2) is 0 Å². The van der Waals surface area contributed by atoms with Crippen molar-refractivity contribution < 1.29 is 29.2 Å². The summed E-state index contributed by atoms with van der Waals surface area (Å²) in [5.74, 6) is -0.562. The van der Waals surface area contributed by atoms with E-state index in [1.165, 1.54) is 6.92 Å². The van der Waals surface area contributed by atoms with Crippen LogP contribution in [0.5, 0.6) is 0 Å². The van der Waals surface area contributed by atoms with Gasteiger partial charge in [-0.3, -0.25) is 0 Å². The summed E-state index contributed by atoms with van der Waals surface area (Å²) in [7, 11) is 0. The Labute approximate surface area is 134 Å². The molecule has 0 aliphatic carbocycles. The number of carbonyl (C=O) groups is 1. The van der Waals surface area contributed by atoms with Gasteiger partial charge in [-0.2, -0.15) is 0 Å². The fourth-order valence-electron chi connectivity index (χ4n) is 1.27. The molecule has 0 aliphatic rings. The summed E-state index contributed by atoms with van der Waals surface area (Å²) in [6.07, 6.45) is 3.25. The number of rotatable bonds is 12. The molecule has 2 atom stereocenters. The van der Waals surface area contributed by atoms with E-state index in [9.17, 15) is 4.79 Å². The third kappa shape index (κ3) is 17.4. The van der Waals surface area contributed by atoms with Gasteiger partial charge in [-0.05, 0) is 26.7 Å². The van der Waals surface area contributed by atoms with Crippen LogP contribution in [0, 0.1) is 0 Å². The van der Waals surface area contributed by atoms with Crippen LogP contribution in [0.4, 0.5) is 0 Å². The van der Waals surface area contributed by atoms with E-state index >= 15 is 0 Å². The minimum atomic E-state index is -0.991. The van der Waals surface area contributed by atoms with Crippen molar-refractivity contribution in [3.63, 3.8) is 0 Å². The van der Waals surface area contributed by atoms with Gasteiger partial charge in [0.05, 0.1) is 19.8 Å². The number of unbranched alkanes of at least 4 members (excludes halogenated alkanes) is 2. The third-order valence-electron chi connectivity index (χ3n) is 2.63. The molecule has 0 saturated heterocycles. The molecule has 0 aromatic heterocycles. The van der Waals surface area contributed by atoms with Crippen LogP contribution in [-0.2, 0) is 19.0 Å². The lowest BCUT2D eigenvalue weighted by Gasteiger charge is -2.15. The lowest BCUT2D eigenvalue weighted by Crippen LogP contribution is -2.24. The molecular formula is C16H34O6. The van der Waals surface area contributed by atoms with E-state index in [1.54, 1.807) is 6.92 Å². The van der Waals surface area contributed by atoms with Gasteiger partial charge in [0.2, 0.25) is 0 Å². The second kappa shape index (κ2) is 18.4. The molecule has 0 aromatic rings. The molecule has 0 amide bonds. The second-order valence-corrected chi connectivity index (χ2v) is 4.89. The fraction of sp³-hybridized carbons (Fsp3) is 0.938. The van der Waals surface area contributed by atoms with Crippen LogP contribution >= 0.6 is 0 Å². The average Bonchev–Trinajstić information content (AvgIpc) is 2.50. The van der Waals surface area contributed by atoms with Gasteiger partial charge in [-0.25, -0.2) is 4.79 Å². The summed E-state index contributed by atoms with van der Waals surface area (Å²) in [5, 5.41) is 17.5. The molecule has 0 spiro atoms. The summed E-state index contributed by atoms with van der Waals surface area (Å²) >= 11 is 0. The minimum absolute atomic E-state index is 0.0514. The Bertz CT molecular complexity index is 233. The van der Waals surface area contributed by atoms with Gasteiger partial charge < -0.3 is 24.4 Å². The molecule has 134 valence electrons. The number of aliphatic hydroxyl groups excluding tert-OH is 2. The highest BCUT2D eigenvalue weighted by molar-refractivity contribution is 5.73. The molecule has 0 fully saturated rings. The highest BCUT2D eigenvalue weighted by atomic mass is 16.5. The summed E-state index contributed by atoms with van der Waals surface area (Å²) in [4.78, 5) is 10.3. The van der Waals surface area contributed by atoms with Gasteiger partial charge in [-0.15, -0.1) is 0 Å². The predicted octanol–water partition coefficient (Wildman–Crippen LogP) is 1.91. The first-order valence-corrected chi connectivity index (χ1v) is 8.18. The Morgan fingerprint density at radius 1 is 1.09 bits per heavy atom. The fourth-order valence-corrected chi connectivity index (χ4v) is 1.27. The molecule has 0 bridgehead atoms. The molecule has 2 unspecified atom stereocenters. The zero-order valence-corrected chi connectivity index (χ0v) is 14.5. The first kappa shape index (κ1) is 23.6. The Balaban J connectivity index is 0. The normalized spacial score (nSPS) is 13.0. The van der Waals surface area contributed by atoms with E-state index < -0.39 is 12.1 Å². The third-order valence-corrected chi connectivity index (χ3v) is 2.63. The van der Waals surface area contributed by atoms with Crippen molar-refractivity contribution in [2.24, 2.45) is 0 Å². The Morgan fingerprint density at radius 2 is 1.68 bits per heavy atom. The van der Waals surface area contributed by atoms with Crippen molar-refractivity contribution in [1.82, 2.24) is 0 Å². The first-order chi connectivity index (χ1) is 10.5. The maximum Gasteiger partial charge on any atom is 0.334 e. The number of hydrogen-bond acceptors (Lipinski definition) is 6. The number of aliphatic hydroxyl groups is 2. The van der Waals surface area contributed by atoms with Crippen LogP contribution in [0.3, 0.4) is 0 Å². The monoisotopic (exact) mass is 322 g/mol. The summed E-state index contributed by atoms with van der Waals surface area (Å²) in [6.45, 7) is 9.70. The van der Waals surface area contributed by atoms with Crippen LogP contribution < -0.4 is 0 Å². The molecule has 6 nitrogen and oxygen atoms in total. The van der Waals surface area contributed by atoms with Gasteiger partial charge in [0.15, 0.2) is 0 Å². The lowest BCUT2D eigenvalue weighted by molar-refractivity contribution is -0.151. The standard InChI is InChI=1S/C11H24O3.C5H10O3/c1-3-5-7-13-10-11(9-12)14-8-6-4-2;1-3-8-5(7)4(2)6/h11-12H,3-10H2,1-2H3;4,6H,3H2,1-2H3. The van der Waals surface area contributed by atoms with E-state index in [1.807, 2.05) is 0 Å². The highest BCUT2D eigenvalue weighted by Crippen LogP contribution is 1.97. The van der Waals surface area contributed by atoms with Crippen molar-refractivity contribution in [2.75, 3.05) is 33.0 Å². The Hall–Kier alpha value is -0.690. The van der Waals surface area contributed by atoms with Crippen molar-refractivity contribution in [1.29, 1.82) is 0 Å². The Morgan fingerprint density at radius 3 is 2.09 bits per heavy atom. The molecule has 0 aliphatic heterocycles. The molecule has 2 N–H and O–H groups in total. The van der Waals surface area contributed by atoms with Gasteiger partial charge in [0.1, 0.15) is 12.2 Å². The largest absolute Gasteiger partial charge is 0.464 e. The highest BCUT2D eigenvalue weighted by Gasteiger charge is 2.07. The average molecular weight is 322 g/mol. The van der Waals surface area contributed by atoms with Gasteiger partial charge >= 0.3 is 5.97 Å². The van der Waals surface area contributed by atoms with Gasteiger partial charge in [0, 0.05) is 13.2 Å². The smallest absolute Gasteiger partial charge is 0.334 e. The van der Waals surface area contributed by atoms with E-state index in [-0.39, 0.29) is 12.7 Å². The van der Waals surface area contributed by atoms with Crippen molar-refractivity contribution >= 4 is 5.97 Å². The maximum absolute atomic E-state index is 10.3. The van der Waals surface area contributed by atoms with E-state index in [0.717, 1.165) is 38.9 Å². The van der Waals surface area contributed by atoms with Crippen LogP contribution in [-0.4, -0.2) is 61.4 Å². The zero-order valence-electron chi connectivity index (χ0n) is 14.5. The predicted molar refractivity (Wildman–Crippen MR) is 85.8 cm³/mol. The molecule has 22 heavy (non-hydrogen) atoms. The van der Waals surface area contributed by atoms with Gasteiger partial charge in [0.25, 0.3) is 0 Å². The topological polar surface area (TPSA) is 85.2 Å². The maximum atomic E-state index is 10.3. The van der Waals surface area contributed by atoms with Crippen LogP contribution in [0.1, 0.15) is 53.4 Å².